The minimum atomic E-state index is -4.48. The zero-order valence-electron chi connectivity index (χ0n) is 49.7. The second-order valence-electron chi connectivity index (χ2n) is 28.7. The van der Waals surface area contributed by atoms with Gasteiger partial charge in [-0.3, -0.25) is 0 Å². The summed E-state index contributed by atoms with van der Waals surface area (Å²) in [7, 11) is 0. The van der Waals surface area contributed by atoms with Gasteiger partial charge in [-0.15, -0.1) is 0 Å². The van der Waals surface area contributed by atoms with Crippen molar-refractivity contribution in [3.8, 4) is 28.7 Å². The third kappa shape index (κ3) is 6.86. The number of rotatable bonds is 3. The number of nitrogens with zero attached hydrogens (tertiary/aromatic N) is 4. The molecule has 0 bridgehead atoms. The SMILES string of the molecule is CC(C)(C)c1ccc(N2c3cc(C(C)(C)C)c4c5[c]3[Ge]3([c]6ccccc6)[c]6c(cc(-n7c8ccccc8c8ccccc87)cc6N6c7ccc(C(C)(C)C)cc7Oc7c(C(C)(C)C)cc2[c]3c76)N5c2ccc(C(C)(C)C)cc2O4)cc1. The summed E-state index contributed by atoms with van der Waals surface area (Å²) < 4.78 is 23.7. The molecule has 0 amide bonds. The fourth-order valence-electron chi connectivity index (χ4n) is 14.2. The van der Waals surface area contributed by atoms with Crippen LogP contribution in [-0.2, 0) is 27.1 Å². The predicted molar refractivity (Wildman–Crippen MR) is 343 cm³/mol. The maximum atomic E-state index is 7.79. The van der Waals surface area contributed by atoms with E-state index in [0.29, 0.717) is 0 Å². The van der Waals surface area contributed by atoms with E-state index in [4.69, 9.17) is 9.47 Å². The maximum absolute atomic E-state index is 7.79. The van der Waals surface area contributed by atoms with Crippen molar-refractivity contribution >= 4 is 104 Å². The van der Waals surface area contributed by atoms with Crippen molar-refractivity contribution < 1.29 is 9.47 Å². The summed E-state index contributed by atoms with van der Waals surface area (Å²) in [5.74, 6) is 3.64. The first-order chi connectivity index (χ1) is 38.3. The van der Waals surface area contributed by atoms with E-state index in [1.165, 1.54) is 90.0 Å². The van der Waals surface area contributed by atoms with Gasteiger partial charge in [0.2, 0.25) is 0 Å². The Balaban J connectivity index is 1.21. The summed E-state index contributed by atoms with van der Waals surface area (Å²) in [4.78, 5) is 8.00. The van der Waals surface area contributed by atoms with Crippen LogP contribution < -0.4 is 41.8 Å². The summed E-state index contributed by atoms with van der Waals surface area (Å²) in [5.41, 5.74) is 19.1. The molecule has 6 heterocycles. The standard InChI is InChI=1S/C74H72GeN4O2/c1-70(2,3)43-29-33-47(34-30-43)76-59-41-51(73(10,11)12)68-66-64(59)75(46-23-17-16-18-24-46)63-57(78(66)55-35-31-44(71(4,5)6)37-61(55)80-68)39-48(77-53-27-21-19-25-49(53)50-26-20-22-28-54(50)77)40-58(63)79-56-36-32-45(72(7,8)9)38-62(56)81-69-52(74(13,14)15)42-60(76)65(75)67(69)79/h16-42H,1-15H3. The van der Waals surface area contributed by atoms with Crippen LogP contribution in [0.4, 0.5) is 51.2 Å². The molecule has 1 aromatic heterocycles. The van der Waals surface area contributed by atoms with Crippen LogP contribution in [0.5, 0.6) is 23.0 Å². The second-order valence-corrected chi connectivity index (χ2v) is 36.2. The van der Waals surface area contributed by atoms with Crippen molar-refractivity contribution in [1.82, 2.24) is 4.57 Å². The number of anilines is 9. The second kappa shape index (κ2) is 16.3. The number of hydrogen-bond donors (Lipinski definition) is 0. The molecule has 0 unspecified atom stereocenters. The third-order valence-corrected chi connectivity index (χ3v) is 28.7. The number of fused-ring (bicyclic) bond motifs is 9. The van der Waals surface area contributed by atoms with Gasteiger partial charge in [-0.1, -0.05) is 0 Å². The van der Waals surface area contributed by atoms with Crippen molar-refractivity contribution in [3.63, 3.8) is 0 Å². The molecule has 6 nitrogen and oxygen atoms in total. The number of benzene rings is 9. The zero-order valence-corrected chi connectivity index (χ0v) is 51.8. The number of para-hydroxylation sites is 2. The van der Waals surface area contributed by atoms with Gasteiger partial charge in [-0.25, -0.2) is 0 Å². The molecule has 0 atom stereocenters. The third-order valence-electron chi connectivity index (χ3n) is 18.3. The molecular formula is C74H72GeN4O2. The van der Waals surface area contributed by atoms with Crippen molar-refractivity contribution in [1.29, 1.82) is 0 Å². The molecule has 0 saturated heterocycles. The number of aromatic nitrogens is 1. The Kier molecular flexibility index (Phi) is 10.1. The average molecular weight is 1120 g/mol. The molecule has 0 radical (unpaired) electrons. The molecule has 0 N–H and O–H groups in total. The Morgan fingerprint density at radius 2 is 0.741 bits per heavy atom. The van der Waals surface area contributed by atoms with Crippen molar-refractivity contribution in [3.05, 3.63) is 192 Å². The van der Waals surface area contributed by atoms with E-state index in [1.807, 2.05) is 0 Å². The Labute approximate surface area is 480 Å². The first-order valence-electron chi connectivity index (χ1n) is 29.2. The Morgan fingerprint density at radius 1 is 0.333 bits per heavy atom. The van der Waals surface area contributed by atoms with E-state index in [9.17, 15) is 0 Å². The molecule has 5 aliphatic rings. The molecular weight excluding hydrogens is 1050 g/mol. The van der Waals surface area contributed by atoms with Gasteiger partial charge in [0.15, 0.2) is 0 Å². The predicted octanol–water partition coefficient (Wildman–Crippen LogP) is 18.2. The number of ether oxygens (including phenoxy) is 2. The molecule has 81 heavy (non-hydrogen) atoms. The molecule has 0 spiro atoms. The Bertz CT molecular complexity index is 4150. The molecule has 9 aromatic carbocycles. The molecule has 0 fully saturated rings. The van der Waals surface area contributed by atoms with E-state index in [0.717, 1.165) is 57.1 Å². The monoisotopic (exact) mass is 1120 g/mol. The summed E-state index contributed by atoms with van der Waals surface area (Å²) in [5, 5.41) is 2.47. The summed E-state index contributed by atoms with van der Waals surface area (Å²) in [6.07, 6.45) is 0. The molecule has 404 valence electrons. The van der Waals surface area contributed by atoms with Crippen molar-refractivity contribution in [2.45, 2.75) is 131 Å². The van der Waals surface area contributed by atoms with Crippen LogP contribution in [-0.4, -0.2) is 17.8 Å². The first-order valence-corrected chi connectivity index (χ1v) is 33.4. The number of hydrogen-bond acceptors (Lipinski definition) is 5. The molecule has 0 aliphatic carbocycles. The van der Waals surface area contributed by atoms with Gasteiger partial charge >= 0.3 is 484 Å². The van der Waals surface area contributed by atoms with Crippen LogP contribution in [0, 0.1) is 0 Å². The Morgan fingerprint density at radius 3 is 1.17 bits per heavy atom. The van der Waals surface area contributed by atoms with Crippen LogP contribution in [0.25, 0.3) is 27.5 Å². The molecule has 5 aliphatic heterocycles. The van der Waals surface area contributed by atoms with Crippen molar-refractivity contribution in [2.24, 2.45) is 0 Å². The summed E-state index contributed by atoms with van der Waals surface area (Å²) in [6, 6.07) is 63.4. The average Bonchev–Trinajstić information content (AvgIpc) is 1.03. The molecule has 15 rings (SSSR count). The van der Waals surface area contributed by atoms with Crippen LogP contribution in [0.3, 0.4) is 0 Å². The van der Waals surface area contributed by atoms with Gasteiger partial charge in [0.25, 0.3) is 0 Å². The minimum absolute atomic E-state index is 0.0268. The van der Waals surface area contributed by atoms with Crippen LogP contribution in [0.2, 0.25) is 0 Å². The van der Waals surface area contributed by atoms with Gasteiger partial charge in [-0.05, 0) is 0 Å². The van der Waals surface area contributed by atoms with Gasteiger partial charge < -0.3 is 0 Å². The van der Waals surface area contributed by atoms with Gasteiger partial charge in [-0.2, -0.15) is 0 Å². The van der Waals surface area contributed by atoms with Crippen LogP contribution >= 0.6 is 0 Å². The van der Waals surface area contributed by atoms with E-state index in [-0.39, 0.29) is 27.1 Å². The first kappa shape index (κ1) is 50.3. The fraction of sp³-hybridized carbons (Fsp3) is 0.270. The zero-order chi connectivity index (χ0) is 56.4. The topological polar surface area (TPSA) is 33.1 Å². The van der Waals surface area contributed by atoms with Gasteiger partial charge in [0.1, 0.15) is 0 Å². The van der Waals surface area contributed by atoms with Crippen LogP contribution in [0.15, 0.2) is 164 Å². The summed E-state index contributed by atoms with van der Waals surface area (Å²) >= 11 is -4.48. The van der Waals surface area contributed by atoms with Gasteiger partial charge in [0.05, 0.1) is 0 Å². The quantitative estimate of drug-likeness (QED) is 0.165. The Hall–Kier alpha value is -7.68. The molecule has 0 saturated carbocycles. The van der Waals surface area contributed by atoms with E-state index in [2.05, 4.69) is 287 Å². The molecule has 7 heteroatoms. The normalized spacial score (nSPS) is 15.3. The fourth-order valence-corrected chi connectivity index (χ4v) is 26.3. The van der Waals surface area contributed by atoms with E-state index >= 15 is 0 Å². The summed E-state index contributed by atoms with van der Waals surface area (Å²) in [6.45, 7) is 34.9. The van der Waals surface area contributed by atoms with Gasteiger partial charge in [0, 0.05) is 0 Å². The van der Waals surface area contributed by atoms with E-state index in [1.54, 1.807) is 0 Å². The van der Waals surface area contributed by atoms with Crippen LogP contribution in [0.1, 0.15) is 132 Å². The van der Waals surface area contributed by atoms with E-state index < -0.39 is 13.3 Å². The van der Waals surface area contributed by atoms with Crippen molar-refractivity contribution in [2.75, 3.05) is 14.7 Å². The molecule has 10 aromatic rings.